The molecule has 0 aliphatic heterocycles. The fraction of sp³-hybridized carbons (Fsp3) is 0.294. The predicted molar refractivity (Wildman–Crippen MR) is 87.6 cm³/mol. The first kappa shape index (κ1) is 15.1. The molecule has 0 spiro atoms. The lowest BCUT2D eigenvalue weighted by Gasteiger charge is -2.28. The van der Waals surface area contributed by atoms with Crippen molar-refractivity contribution in [3.05, 3.63) is 52.3 Å². The molecule has 118 valence electrons. The van der Waals surface area contributed by atoms with Crippen LogP contribution in [0.1, 0.15) is 26.7 Å². The van der Waals surface area contributed by atoms with Crippen LogP contribution in [0.25, 0.3) is 10.9 Å². The van der Waals surface area contributed by atoms with Crippen LogP contribution in [-0.2, 0) is 4.79 Å². The van der Waals surface area contributed by atoms with Crippen molar-refractivity contribution < 1.29 is 9.90 Å². The summed E-state index contributed by atoms with van der Waals surface area (Å²) in [6.45, 7) is 3.85. The van der Waals surface area contributed by atoms with Gasteiger partial charge in [-0.25, -0.2) is 4.98 Å². The van der Waals surface area contributed by atoms with E-state index < -0.39 is 0 Å². The van der Waals surface area contributed by atoms with Gasteiger partial charge in [0.2, 0.25) is 0 Å². The fourth-order valence-electron chi connectivity index (χ4n) is 2.71. The van der Waals surface area contributed by atoms with E-state index in [0.29, 0.717) is 23.7 Å². The molecule has 6 nitrogen and oxygen atoms in total. The molecule has 1 aliphatic rings. The zero-order chi connectivity index (χ0) is 16.6. The molecule has 1 aromatic heterocycles. The van der Waals surface area contributed by atoms with Crippen molar-refractivity contribution in [2.24, 2.45) is 10.5 Å². The van der Waals surface area contributed by atoms with Gasteiger partial charge >= 0.3 is 0 Å². The van der Waals surface area contributed by atoms with Gasteiger partial charge in [0.1, 0.15) is 12.1 Å². The number of aromatic nitrogens is 2. The second-order valence-corrected chi connectivity index (χ2v) is 6.46. The van der Waals surface area contributed by atoms with Crippen LogP contribution in [-0.4, -0.2) is 26.8 Å². The minimum absolute atomic E-state index is 0.0109. The molecular weight excluding hydrogens is 294 g/mol. The second-order valence-electron chi connectivity index (χ2n) is 6.46. The summed E-state index contributed by atoms with van der Waals surface area (Å²) in [5, 5.41) is 14.5. The number of fused-ring (bicyclic) bond motifs is 1. The minimum atomic E-state index is -0.324. The first-order valence-electron chi connectivity index (χ1n) is 7.33. The molecule has 0 atom stereocenters. The average Bonchev–Trinajstić information content (AvgIpc) is 2.47. The summed E-state index contributed by atoms with van der Waals surface area (Å²) in [6.07, 6.45) is 3.29. The molecule has 0 saturated heterocycles. The minimum Gasteiger partial charge on any atom is -0.511 e. The van der Waals surface area contributed by atoms with Gasteiger partial charge in [-0.3, -0.25) is 9.59 Å². The number of para-hydroxylation sites is 1. The lowest BCUT2D eigenvalue weighted by Crippen LogP contribution is -2.26. The normalized spacial score (nSPS) is 18.1. The van der Waals surface area contributed by atoms with Crippen molar-refractivity contribution in [3.63, 3.8) is 0 Å². The van der Waals surface area contributed by atoms with Crippen LogP contribution in [0.15, 0.2) is 51.8 Å². The number of ketones is 1. The number of hydrogen-bond donors (Lipinski definition) is 1. The second kappa shape index (κ2) is 5.46. The van der Waals surface area contributed by atoms with Crippen LogP contribution in [0.3, 0.4) is 0 Å². The molecule has 2 aromatic rings. The first-order chi connectivity index (χ1) is 10.9. The van der Waals surface area contributed by atoms with Crippen LogP contribution in [0, 0.1) is 5.41 Å². The highest BCUT2D eigenvalue weighted by Crippen LogP contribution is 2.35. The Morgan fingerprint density at radius 2 is 2.00 bits per heavy atom. The predicted octanol–water partition coefficient (Wildman–Crippen LogP) is 2.43. The Labute approximate surface area is 132 Å². The Morgan fingerprint density at radius 3 is 2.74 bits per heavy atom. The zero-order valence-corrected chi connectivity index (χ0v) is 13.0. The topological polar surface area (TPSA) is 84.5 Å². The maximum absolute atomic E-state index is 12.3. The number of aliphatic hydroxyl groups is 1. The van der Waals surface area contributed by atoms with Gasteiger partial charge in [-0.05, 0) is 17.5 Å². The summed E-state index contributed by atoms with van der Waals surface area (Å²) in [6, 6.07) is 6.96. The lowest BCUT2D eigenvalue weighted by atomic mass is 9.77. The molecule has 23 heavy (non-hydrogen) atoms. The number of allylic oxidation sites excluding steroid dienone is 2. The first-order valence-corrected chi connectivity index (χ1v) is 7.33. The van der Waals surface area contributed by atoms with Gasteiger partial charge in [-0.2, -0.15) is 9.78 Å². The Bertz CT molecular complexity index is 907. The summed E-state index contributed by atoms with van der Waals surface area (Å²) >= 11 is 0. The van der Waals surface area contributed by atoms with E-state index in [4.69, 9.17) is 0 Å². The van der Waals surface area contributed by atoms with Gasteiger partial charge in [0, 0.05) is 12.8 Å². The molecule has 0 saturated carbocycles. The molecule has 1 aromatic carbocycles. The van der Waals surface area contributed by atoms with Gasteiger partial charge in [-0.15, -0.1) is 0 Å². The largest absolute Gasteiger partial charge is 0.511 e. The quantitative estimate of drug-likeness (QED) is 0.863. The van der Waals surface area contributed by atoms with Crippen LogP contribution in [0.5, 0.6) is 0 Å². The maximum atomic E-state index is 12.3. The Balaban J connectivity index is 1.99. The van der Waals surface area contributed by atoms with E-state index in [1.807, 2.05) is 13.8 Å². The maximum Gasteiger partial charge on any atom is 0.281 e. The SMILES string of the molecule is CC1(C)CC(=O)C(C=Nn2cnc3ccccc3c2=O)=C(O)C1. The van der Waals surface area contributed by atoms with E-state index >= 15 is 0 Å². The third kappa shape index (κ3) is 2.92. The van der Waals surface area contributed by atoms with Crippen LogP contribution < -0.4 is 5.56 Å². The number of carbonyl (C=O) groups excluding carboxylic acids is 1. The van der Waals surface area contributed by atoms with Crippen molar-refractivity contribution in [3.8, 4) is 0 Å². The fourth-order valence-corrected chi connectivity index (χ4v) is 2.71. The molecule has 3 rings (SSSR count). The molecule has 0 fully saturated rings. The summed E-state index contributed by atoms with van der Waals surface area (Å²) in [4.78, 5) is 28.6. The van der Waals surface area contributed by atoms with E-state index in [2.05, 4.69) is 10.1 Å². The number of hydrogen-bond acceptors (Lipinski definition) is 5. The van der Waals surface area contributed by atoms with E-state index in [1.54, 1.807) is 24.3 Å². The summed E-state index contributed by atoms with van der Waals surface area (Å²) in [7, 11) is 0. The standard InChI is InChI=1S/C17H17N3O3/c1-17(2)7-14(21)12(15(22)8-17)9-19-20-10-18-13-6-4-3-5-11(13)16(20)23/h3-6,9-10,21H,7-8H2,1-2H3. The Kier molecular flexibility index (Phi) is 3.60. The number of carbonyl (C=O) groups is 1. The number of Topliss-reactive ketones (excluding diaryl/α,β-unsaturated/α-hetero) is 1. The number of nitrogens with zero attached hydrogens (tertiary/aromatic N) is 3. The molecule has 0 radical (unpaired) electrons. The summed E-state index contributed by atoms with van der Waals surface area (Å²) in [5.41, 5.74) is 0.154. The number of rotatable bonds is 2. The van der Waals surface area contributed by atoms with Crippen LogP contribution in [0.4, 0.5) is 0 Å². The van der Waals surface area contributed by atoms with Gasteiger partial charge in [-0.1, -0.05) is 26.0 Å². The third-order valence-electron chi connectivity index (χ3n) is 3.86. The average molecular weight is 311 g/mol. The number of benzene rings is 1. The smallest absolute Gasteiger partial charge is 0.281 e. The van der Waals surface area contributed by atoms with Gasteiger partial charge in [0.05, 0.1) is 22.7 Å². The zero-order valence-electron chi connectivity index (χ0n) is 13.0. The molecule has 0 unspecified atom stereocenters. The monoisotopic (exact) mass is 311 g/mol. The van der Waals surface area contributed by atoms with Crippen molar-refractivity contribution >= 4 is 22.9 Å². The molecule has 1 aliphatic carbocycles. The van der Waals surface area contributed by atoms with E-state index in [0.717, 1.165) is 4.68 Å². The molecule has 0 bridgehead atoms. The summed E-state index contributed by atoms with van der Waals surface area (Å²) < 4.78 is 1.07. The van der Waals surface area contributed by atoms with Crippen molar-refractivity contribution in [1.29, 1.82) is 0 Å². The van der Waals surface area contributed by atoms with Gasteiger partial charge < -0.3 is 5.11 Å². The summed E-state index contributed by atoms with van der Waals surface area (Å²) in [5.74, 6) is -0.166. The van der Waals surface area contributed by atoms with E-state index in [9.17, 15) is 14.7 Å². The van der Waals surface area contributed by atoms with Crippen molar-refractivity contribution in [2.45, 2.75) is 26.7 Å². The third-order valence-corrected chi connectivity index (χ3v) is 3.86. The molecule has 6 heteroatoms. The van der Waals surface area contributed by atoms with Gasteiger partial charge in [0.15, 0.2) is 5.78 Å². The highest BCUT2D eigenvalue weighted by atomic mass is 16.3. The molecule has 0 amide bonds. The highest BCUT2D eigenvalue weighted by molar-refractivity contribution is 6.14. The Hall–Kier alpha value is -2.76. The van der Waals surface area contributed by atoms with Crippen LogP contribution in [0.2, 0.25) is 0 Å². The van der Waals surface area contributed by atoms with Crippen molar-refractivity contribution in [2.75, 3.05) is 0 Å². The number of aliphatic hydroxyl groups excluding tert-OH is 1. The molecule has 1 N–H and O–H groups in total. The van der Waals surface area contributed by atoms with Gasteiger partial charge in [0.25, 0.3) is 5.56 Å². The Morgan fingerprint density at radius 1 is 1.26 bits per heavy atom. The van der Waals surface area contributed by atoms with E-state index in [-0.39, 0.29) is 28.1 Å². The van der Waals surface area contributed by atoms with Crippen LogP contribution >= 0.6 is 0 Å². The van der Waals surface area contributed by atoms with Crippen molar-refractivity contribution in [1.82, 2.24) is 9.66 Å². The van der Waals surface area contributed by atoms with E-state index in [1.165, 1.54) is 12.5 Å². The molecule has 1 heterocycles. The highest BCUT2D eigenvalue weighted by Gasteiger charge is 2.32. The lowest BCUT2D eigenvalue weighted by molar-refractivity contribution is -0.117. The molecular formula is C17H17N3O3.